The number of aliphatic hydroxyl groups excluding tert-OH is 1. The van der Waals surface area contributed by atoms with Crippen molar-refractivity contribution in [3.8, 4) is 0 Å². The van der Waals surface area contributed by atoms with Crippen LogP contribution in [0.4, 0.5) is 0 Å². The third kappa shape index (κ3) is 2.23. The molecule has 2 aliphatic rings. The van der Waals surface area contributed by atoms with Crippen LogP contribution in [0.2, 0.25) is 0 Å². The summed E-state index contributed by atoms with van der Waals surface area (Å²) in [7, 11) is 0. The predicted molar refractivity (Wildman–Crippen MR) is 83.7 cm³/mol. The molecule has 0 aliphatic heterocycles. The van der Waals surface area contributed by atoms with E-state index in [-0.39, 0.29) is 0 Å². The Morgan fingerprint density at radius 3 is 2.73 bits per heavy atom. The van der Waals surface area contributed by atoms with Crippen molar-refractivity contribution < 1.29 is 9.84 Å². The highest BCUT2D eigenvalue weighted by atomic mass is 16.6. The molecule has 0 radical (unpaired) electrons. The topological polar surface area (TPSA) is 60.2 Å². The highest BCUT2D eigenvalue weighted by Gasteiger charge is 2.30. The zero-order chi connectivity index (χ0) is 15.3. The second-order valence-corrected chi connectivity index (χ2v) is 6.53. The molecule has 0 amide bonds. The van der Waals surface area contributed by atoms with Crippen LogP contribution in [-0.2, 0) is 4.74 Å². The van der Waals surface area contributed by atoms with Crippen molar-refractivity contribution in [2.45, 2.75) is 64.2 Å². The van der Waals surface area contributed by atoms with Gasteiger partial charge in [-0.3, -0.25) is 0 Å². The Morgan fingerprint density at radius 1 is 1.36 bits per heavy atom. The highest BCUT2D eigenvalue weighted by molar-refractivity contribution is 5.83. The number of hydrogen-bond acceptors (Lipinski definition) is 4. The normalized spacial score (nSPS) is 20.3. The monoisotopic (exact) mass is 301 g/mol. The van der Waals surface area contributed by atoms with E-state index in [4.69, 9.17) is 14.8 Å². The van der Waals surface area contributed by atoms with Gasteiger partial charge in [0.15, 0.2) is 11.9 Å². The molecule has 4 rings (SSSR count). The number of aryl methyl sites for hydroxylation is 1. The van der Waals surface area contributed by atoms with Gasteiger partial charge in [0.1, 0.15) is 0 Å². The first-order valence-electron chi connectivity index (χ1n) is 8.38. The molecule has 0 aromatic carbocycles. The van der Waals surface area contributed by atoms with E-state index in [9.17, 15) is 5.11 Å². The lowest BCUT2D eigenvalue weighted by Crippen LogP contribution is -2.18. The van der Waals surface area contributed by atoms with Crippen molar-refractivity contribution in [3.05, 3.63) is 23.0 Å². The minimum atomic E-state index is -0.897. The number of hydrogen-bond donors (Lipinski definition) is 1. The second-order valence-electron chi connectivity index (χ2n) is 6.53. The molecule has 22 heavy (non-hydrogen) atoms. The van der Waals surface area contributed by atoms with Gasteiger partial charge in [0.2, 0.25) is 0 Å². The van der Waals surface area contributed by atoms with Gasteiger partial charge >= 0.3 is 0 Å². The molecule has 0 saturated heterocycles. The van der Waals surface area contributed by atoms with E-state index in [1.165, 1.54) is 32.1 Å². The Labute approximate surface area is 130 Å². The molecule has 2 fully saturated rings. The number of fused-ring (bicyclic) bond motifs is 1. The Kier molecular flexibility index (Phi) is 3.42. The minimum absolute atomic E-state index is 0.468. The van der Waals surface area contributed by atoms with E-state index in [0.29, 0.717) is 18.6 Å². The average molecular weight is 301 g/mol. The smallest absolute Gasteiger partial charge is 0.181 e. The summed E-state index contributed by atoms with van der Waals surface area (Å²) in [5, 5.41) is 16.1. The van der Waals surface area contributed by atoms with Crippen molar-refractivity contribution in [2.24, 2.45) is 0 Å². The van der Waals surface area contributed by atoms with Crippen LogP contribution in [-0.4, -0.2) is 26.5 Å². The van der Waals surface area contributed by atoms with Gasteiger partial charge in [-0.15, -0.1) is 0 Å². The molecular weight excluding hydrogens is 278 g/mol. The molecule has 2 heterocycles. The van der Waals surface area contributed by atoms with Gasteiger partial charge in [-0.1, -0.05) is 0 Å². The third-order valence-corrected chi connectivity index (χ3v) is 4.89. The Morgan fingerprint density at radius 2 is 2.14 bits per heavy atom. The van der Waals surface area contributed by atoms with Crippen LogP contribution in [0.1, 0.15) is 74.2 Å². The van der Waals surface area contributed by atoms with Gasteiger partial charge in [-0.2, -0.15) is 5.10 Å². The van der Waals surface area contributed by atoms with Crippen LogP contribution in [0.5, 0.6) is 0 Å². The predicted octanol–water partition coefficient (Wildman–Crippen LogP) is 3.37. The molecule has 2 aromatic rings. The first kappa shape index (κ1) is 14.2. The van der Waals surface area contributed by atoms with Crippen LogP contribution in [0.25, 0.3) is 11.0 Å². The number of pyridine rings is 1. The summed E-state index contributed by atoms with van der Waals surface area (Å²) in [4.78, 5) is 4.90. The summed E-state index contributed by atoms with van der Waals surface area (Å²) in [6.45, 7) is 4.38. The number of ether oxygens (including phenoxy) is 1. The number of aliphatic hydroxyl groups is 1. The minimum Gasteiger partial charge on any atom is -0.364 e. The maximum atomic E-state index is 10.4. The van der Waals surface area contributed by atoms with Crippen LogP contribution in [0.15, 0.2) is 6.07 Å². The lowest BCUT2D eigenvalue weighted by atomic mass is 9.93. The van der Waals surface area contributed by atoms with Crippen molar-refractivity contribution in [3.63, 3.8) is 0 Å². The lowest BCUT2D eigenvalue weighted by molar-refractivity contribution is -0.0970. The lowest BCUT2D eigenvalue weighted by Gasteiger charge is -2.26. The van der Waals surface area contributed by atoms with E-state index in [0.717, 1.165) is 28.0 Å². The van der Waals surface area contributed by atoms with Crippen molar-refractivity contribution in [2.75, 3.05) is 6.61 Å². The Balaban J connectivity index is 1.90. The summed E-state index contributed by atoms with van der Waals surface area (Å²) in [6.07, 6.45) is 5.11. The molecule has 0 spiro atoms. The van der Waals surface area contributed by atoms with Gasteiger partial charge in [-0.05, 0) is 52.0 Å². The fourth-order valence-corrected chi connectivity index (χ4v) is 3.28. The first-order valence-corrected chi connectivity index (χ1v) is 8.38. The zero-order valence-electron chi connectivity index (χ0n) is 13.2. The average Bonchev–Trinajstić information content (AvgIpc) is 3.23. The summed E-state index contributed by atoms with van der Waals surface area (Å²) in [6, 6.07) is 2.50. The largest absolute Gasteiger partial charge is 0.364 e. The van der Waals surface area contributed by atoms with Gasteiger partial charge in [-0.25, -0.2) is 9.67 Å². The van der Waals surface area contributed by atoms with Gasteiger partial charge in [0.05, 0.1) is 17.1 Å². The zero-order valence-corrected chi connectivity index (χ0v) is 13.2. The summed E-state index contributed by atoms with van der Waals surface area (Å²) >= 11 is 0. The van der Waals surface area contributed by atoms with E-state index in [1.54, 1.807) is 0 Å². The molecule has 2 saturated carbocycles. The quantitative estimate of drug-likeness (QED) is 0.860. The molecular formula is C17H23N3O2. The van der Waals surface area contributed by atoms with Crippen molar-refractivity contribution in [1.82, 2.24) is 14.8 Å². The third-order valence-electron chi connectivity index (χ3n) is 4.89. The molecule has 5 nitrogen and oxygen atoms in total. The fraction of sp³-hybridized carbons (Fsp3) is 0.647. The molecule has 118 valence electrons. The number of aromatic nitrogens is 3. The standard InChI is InChI=1S/C17H23N3O2/c1-3-22-17(21)13-9-14(11-7-8-11)18-16-15(13)10(2)19-20(16)12-5-4-6-12/h9,11-12,17,21H,3-8H2,1-2H3. The van der Waals surface area contributed by atoms with Gasteiger partial charge in [0.25, 0.3) is 0 Å². The first-order chi connectivity index (χ1) is 10.7. The van der Waals surface area contributed by atoms with E-state index in [2.05, 4.69) is 4.68 Å². The Hall–Kier alpha value is -1.46. The fourth-order valence-electron chi connectivity index (χ4n) is 3.28. The molecule has 1 atom stereocenters. The number of rotatable bonds is 5. The van der Waals surface area contributed by atoms with Crippen LogP contribution in [0, 0.1) is 6.92 Å². The van der Waals surface area contributed by atoms with Gasteiger partial charge < -0.3 is 9.84 Å². The summed E-state index contributed by atoms with van der Waals surface area (Å²) in [5.74, 6) is 0.544. The van der Waals surface area contributed by atoms with E-state index in [1.807, 2.05) is 19.9 Å². The molecule has 0 bridgehead atoms. The van der Waals surface area contributed by atoms with Gasteiger partial charge in [0, 0.05) is 23.8 Å². The molecule has 1 N–H and O–H groups in total. The van der Waals surface area contributed by atoms with E-state index >= 15 is 0 Å². The van der Waals surface area contributed by atoms with Crippen LogP contribution < -0.4 is 0 Å². The number of nitrogens with zero attached hydrogens (tertiary/aromatic N) is 3. The van der Waals surface area contributed by atoms with Crippen LogP contribution in [0.3, 0.4) is 0 Å². The molecule has 1 unspecified atom stereocenters. The van der Waals surface area contributed by atoms with Crippen molar-refractivity contribution >= 4 is 11.0 Å². The summed E-state index contributed by atoms with van der Waals surface area (Å²) < 4.78 is 7.53. The molecule has 2 aliphatic carbocycles. The van der Waals surface area contributed by atoms with Crippen molar-refractivity contribution in [1.29, 1.82) is 0 Å². The molecule has 2 aromatic heterocycles. The van der Waals surface area contributed by atoms with Crippen LogP contribution >= 0.6 is 0 Å². The second kappa shape index (κ2) is 5.32. The molecule has 5 heteroatoms. The SMILES string of the molecule is CCOC(O)c1cc(C2CC2)nc2c1c(C)nn2C1CCC1. The maximum absolute atomic E-state index is 10.4. The Bertz CT molecular complexity index is 701. The summed E-state index contributed by atoms with van der Waals surface area (Å²) in [5.41, 5.74) is 3.78. The highest BCUT2D eigenvalue weighted by Crippen LogP contribution is 2.42. The maximum Gasteiger partial charge on any atom is 0.181 e. The van der Waals surface area contributed by atoms with E-state index < -0.39 is 6.29 Å².